The van der Waals surface area contributed by atoms with Gasteiger partial charge < -0.3 is 0 Å². The second-order valence-electron chi connectivity index (χ2n) is 5.94. The van der Waals surface area contributed by atoms with E-state index in [9.17, 15) is 61.5 Å². The fourth-order valence-corrected chi connectivity index (χ4v) is 2.02. The van der Waals surface area contributed by atoms with E-state index in [1.807, 2.05) is 0 Å². The van der Waals surface area contributed by atoms with E-state index in [1.54, 1.807) is 0 Å². The van der Waals surface area contributed by atoms with Crippen LogP contribution in [0.15, 0.2) is 12.1 Å². The molecule has 0 saturated heterocycles. The lowest BCUT2D eigenvalue weighted by atomic mass is 9.99. The molecule has 0 radical (unpaired) electrons. The number of halogens is 14. The van der Waals surface area contributed by atoms with Crippen LogP contribution < -0.4 is 4.48 Å². The van der Waals surface area contributed by atoms with E-state index in [2.05, 4.69) is 0 Å². The predicted molar refractivity (Wildman–Crippen MR) is 65.8 cm³/mol. The summed E-state index contributed by atoms with van der Waals surface area (Å²) in [7, 11) is -0.514. The van der Waals surface area contributed by atoms with Crippen molar-refractivity contribution in [1.82, 2.24) is 4.48 Å². The molecule has 0 aliphatic rings. The molecule has 0 spiro atoms. The number of hydrogen-bond donors (Lipinski definition) is 0. The number of alkyl halides is 11. The third-order valence-corrected chi connectivity index (χ3v) is 3.80. The molecule has 0 unspecified atom stereocenters. The first-order chi connectivity index (χ1) is 12.1. The van der Waals surface area contributed by atoms with Crippen LogP contribution >= 0.6 is 0 Å². The lowest BCUT2D eigenvalue weighted by molar-refractivity contribution is -0.433. The van der Waals surface area contributed by atoms with Crippen LogP contribution in [0.5, 0.6) is 0 Å². The molecule has 162 valence electrons. The van der Waals surface area contributed by atoms with Crippen molar-refractivity contribution >= 4 is 5.69 Å². The minimum Gasteiger partial charge on any atom is -0.227 e. The molecule has 1 aromatic rings. The Balaban J connectivity index is 3.72. The summed E-state index contributed by atoms with van der Waals surface area (Å²) in [6.07, 6.45) is -7.37. The molecule has 0 aliphatic heterocycles. The number of hydrogen-bond acceptors (Lipinski definition) is 0. The van der Waals surface area contributed by atoms with Crippen LogP contribution in [0.4, 0.5) is 67.2 Å². The van der Waals surface area contributed by atoms with Crippen LogP contribution in [-0.2, 0) is 0 Å². The number of nitrogens with zero attached hydrogens (tertiary/aromatic N) is 1. The monoisotopic (exact) mass is 444 g/mol. The van der Waals surface area contributed by atoms with Gasteiger partial charge in [0, 0.05) is 12.1 Å². The number of quaternary nitrogens is 1. The molecule has 1 aromatic carbocycles. The molecular weight excluding hydrogens is 436 g/mol. The van der Waals surface area contributed by atoms with E-state index in [0.29, 0.717) is 0 Å². The van der Waals surface area contributed by atoms with E-state index >= 15 is 0 Å². The summed E-state index contributed by atoms with van der Waals surface area (Å²) in [5.41, 5.74) is -2.06. The van der Waals surface area contributed by atoms with Crippen molar-refractivity contribution in [3.63, 3.8) is 0 Å². The van der Waals surface area contributed by atoms with Gasteiger partial charge in [-0.1, -0.05) is 0 Å². The third kappa shape index (κ3) is 3.06. The molecule has 0 aliphatic carbocycles. The Morgan fingerprint density at radius 1 is 0.643 bits per heavy atom. The third-order valence-electron chi connectivity index (χ3n) is 3.80. The Hall–Kier alpha value is -1.80. The van der Waals surface area contributed by atoms with Gasteiger partial charge in [0.05, 0.1) is 14.1 Å². The standard InChI is InChI=1S/C13H8F14N/c1-28(2,7-4-5(14)3-6(15)8(7)16)13(26,27)11(21,22)9(17,18)10(19,20)12(23,24)25/h3-4H,1-2H3/q+1. The topological polar surface area (TPSA) is 0 Å². The van der Waals surface area contributed by atoms with Gasteiger partial charge in [-0.15, -0.1) is 8.78 Å². The molecule has 0 atom stereocenters. The van der Waals surface area contributed by atoms with Gasteiger partial charge in [-0.3, -0.25) is 0 Å². The fraction of sp³-hybridized carbons (Fsp3) is 0.538. The molecule has 0 aromatic heterocycles. The highest BCUT2D eigenvalue weighted by Gasteiger charge is 2.91. The maximum atomic E-state index is 14.2. The Morgan fingerprint density at radius 3 is 1.46 bits per heavy atom. The highest BCUT2D eigenvalue weighted by Crippen LogP contribution is 2.59. The van der Waals surface area contributed by atoms with E-state index in [0.717, 1.165) is 0 Å². The minimum atomic E-state index is -7.74. The van der Waals surface area contributed by atoms with E-state index in [-0.39, 0.29) is 26.2 Å². The maximum absolute atomic E-state index is 14.2. The molecule has 15 heteroatoms. The average molecular weight is 444 g/mol. The lowest BCUT2D eigenvalue weighted by Gasteiger charge is -2.43. The molecule has 28 heavy (non-hydrogen) atoms. The van der Waals surface area contributed by atoms with E-state index in [4.69, 9.17) is 0 Å². The lowest BCUT2D eigenvalue weighted by Crippen LogP contribution is -2.74. The Labute approximate surface area is 146 Å². The zero-order chi connectivity index (χ0) is 22.7. The summed E-state index contributed by atoms with van der Waals surface area (Å²) in [4.78, 5) is 0. The van der Waals surface area contributed by atoms with Gasteiger partial charge in [-0.25, -0.2) is 13.3 Å². The van der Waals surface area contributed by atoms with E-state index < -0.39 is 57.6 Å². The first-order valence-electron chi connectivity index (χ1n) is 6.64. The fourth-order valence-electron chi connectivity index (χ4n) is 2.02. The van der Waals surface area contributed by atoms with Crippen molar-refractivity contribution in [1.29, 1.82) is 0 Å². The summed E-state index contributed by atoms with van der Waals surface area (Å²) in [5, 5.41) is 0. The maximum Gasteiger partial charge on any atom is 0.466 e. The summed E-state index contributed by atoms with van der Waals surface area (Å²) in [6.45, 7) is 0. The molecule has 0 saturated carbocycles. The summed E-state index contributed by atoms with van der Waals surface area (Å²) in [5.74, 6) is -29.4. The van der Waals surface area contributed by atoms with E-state index in [1.165, 1.54) is 0 Å². The SMILES string of the molecule is C[N+](C)(c1cc(F)cc(F)c1F)C(F)(F)C(F)(F)C(F)(F)C(F)(F)C(F)(F)F. The van der Waals surface area contributed by atoms with Gasteiger partial charge in [0.2, 0.25) is 5.82 Å². The van der Waals surface area contributed by atoms with Crippen LogP contribution in [0, 0.1) is 17.5 Å². The number of rotatable bonds is 5. The van der Waals surface area contributed by atoms with Crippen molar-refractivity contribution in [3.8, 4) is 0 Å². The predicted octanol–water partition coefficient (Wildman–Crippen LogP) is 5.73. The zero-order valence-electron chi connectivity index (χ0n) is 13.4. The molecule has 0 fully saturated rings. The van der Waals surface area contributed by atoms with Gasteiger partial charge in [0.25, 0.3) is 0 Å². The molecule has 0 amide bonds. The molecule has 1 nitrogen and oxygen atoms in total. The molecule has 0 heterocycles. The molecule has 0 bridgehead atoms. The van der Waals surface area contributed by atoms with Crippen LogP contribution in [-0.4, -0.2) is 44.1 Å². The summed E-state index contributed by atoms with van der Waals surface area (Å²) >= 11 is 0. The van der Waals surface area contributed by atoms with Crippen LogP contribution in [0.1, 0.15) is 0 Å². The van der Waals surface area contributed by atoms with Gasteiger partial charge in [-0.05, 0) is 0 Å². The van der Waals surface area contributed by atoms with Crippen molar-refractivity contribution in [2.24, 2.45) is 0 Å². The van der Waals surface area contributed by atoms with Gasteiger partial charge >= 0.3 is 30.0 Å². The highest BCUT2D eigenvalue weighted by molar-refractivity contribution is 5.46. The van der Waals surface area contributed by atoms with Gasteiger partial charge in [0.1, 0.15) is 5.82 Å². The zero-order valence-corrected chi connectivity index (χ0v) is 13.4. The van der Waals surface area contributed by atoms with Crippen LogP contribution in [0.25, 0.3) is 0 Å². The quantitative estimate of drug-likeness (QED) is 0.236. The Morgan fingerprint density at radius 2 is 1.07 bits per heavy atom. The second kappa shape index (κ2) is 6.35. The summed E-state index contributed by atoms with van der Waals surface area (Å²) < 4.78 is 181. The van der Waals surface area contributed by atoms with Crippen molar-refractivity contribution in [2.45, 2.75) is 30.0 Å². The Kier molecular flexibility index (Phi) is 5.50. The van der Waals surface area contributed by atoms with Crippen molar-refractivity contribution < 1.29 is 61.5 Å². The van der Waals surface area contributed by atoms with Crippen molar-refractivity contribution in [3.05, 3.63) is 29.6 Å². The molecular formula is C13H8F14N+. The first-order valence-corrected chi connectivity index (χ1v) is 6.64. The highest BCUT2D eigenvalue weighted by atomic mass is 19.4. The normalized spacial score (nSPS) is 15.1. The van der Waals surface area contributed by atoms with Crippen LogP contribution in [0.3, 0.4) is 0 Å². The smallest absolute Gasteiger partial charge is 0.227 e. The van der Waals surface area contributed by atoms with Crippen LogP contribution in [0.2, 0.25) is 0 Å². The molecule has 1 rings (SSSR count). The minimum absolute atomic E-state index is 0.248. The summed E-state index contributed by atoms with van der Waals surface area (Å²) in [6, 6.07) is -7.21. The first kappa shape index (κ1) is 24.2. The van der Waals surface area contributed by atoms with Gasteiger partial charge in [0.15, 0.2) is 11.5 Å². The second-order valence-corrected chi connectivity index (χ2v) is 5.94. The average Bonchev–Trinajstić information content (AvgIpc) is 2.48. The Bertz CT molecular complexity index is 748. The largest absolute Gasteiger partial charge is 0.466 e. The molecule has 0 N–H and O–H groups in total. The van der Waals surface area contributed by atoms with Crippen molar-refractivity contribution in [2.75, 3.05) is 14.1 Å². The number of benzene rings is 1. The van der Waals surface area contributed by atoms with Gasteiger partial charge in [-0.2, -0.15) is 43.9 Å².